The van der Waals surface area contributed by atoms with Crippen molar-refractivity contribution in [3.63, 3.8) is 0 Å². The normalized spacial score (nSPS) is 12.3. The number of carbonyl (C=O) groups is 2. The maximum absolute atomic E-state index is 12.6. The molecule has 0 saturated carbocycles. The molecule has 1 unspecified atom stereocenters. The molecule has 1 aromatic heterocycles. The molecule has 1 atom stereocenters. The highest BCUT2D eigenvalue weighted by Crippen LogP contribution is 2.24. The van der Waals surface area contributed by atoms with E-state index in [9.17, 15) is 9.59 Å². The van der Waals surface area contributed by atoms with E-state index in [1.807, 2.05) is 42.0 Å². The monoisotopic (exact) mass is 407 g/mol. The number of thioether (sulfide) groups is 1. The Labute approximate surface area is 168 Å². The minimum atomic E-state index is -0.684. The zero-order valence-corrected chi connectivity index (χ0v) is 17.6. The molecule has 27 heavy (non-hydrogen) atoms. The summed E-state index contributed by atoms with van der Waals surface area (Å²) in [4.78, 5) is 29.1. The molecule has 146 valence electrons. The van der Waals surface area contributed by atoms with Crippen LogP contribution in [-0.4, -0.2) is 40.6 Å². The van der Waals surface area contributed by atoms with Crippen molar-refractivity contribution in [2.75, 3.05) is 17.3 Å². The molecular weight excluding hydrogens is 382 g/mol. The van der Waals surface area contributed by atoms with Gasteiger partial charge >= 0.3 is 6.09 Å². The van der Waals surface area contributed by atoms with Crippen molar-refractivity contribution in [3.05, 3.63) is 35.7 Å². The van der Waals surface area contributed by atoms with Gasteiger partial charge in [-0.1, -0.05) is 30.3 Å². The van der Waals surface area contributed by atoms with E-state index in [0.29, 0.717) is 11.6 Å². The number of ether oxygens (including phenoxy) is 1. The highest BCUT2D eigenvalue weighted by atomic mass is 32.2. The van der Waals surface area contributed by atoms with Gasteiger partial charge in [-0.25, -0.2) is 9.78 Å². The van der Waals surface area contributed by atoms with Crippen LogP contribution in [0.15, 0.2) is 35.7 Å². The van der Waals surface area contributed by atoms with Gasteiger partial charge in [-0.15, -0.1) is 11.3 Å². The number of hydrogen-bond acceptors (Lipinski definition) is 6. The lowest BCUT2D eigenvalue weighted by molar-refractivity contribution is -0.118. The number of thiazole rings is 1. The second kappa shape index (κ2) is 9.75. The second-order valence-electron chi connectivity index (χ2n) is 6.87. The maximum atomic E-state index is 12.6. The molecule has 0 fully saturated rings. The van der Waals surface area contributed by atoms with Crippen LogP contribution in [-0.2, 0) is 9.53 Å². The van der Waals surface area contributed by atoms with Gasteiger partial charge in [-0.05, 0) is 39.2 Å². The van der Waals surface area contributed by atoms with Crippen LogP contribution in [0.3, 0.4) is 0 Å². The SMILES string of the molecule is CSCCC(NC(=O)OC(C)(C)C)C(=O)Nc1nc(-c2ccccc2)cs1. The highest BCUT2D eigenvalue weighted by Gasteiger charge is 2.24. The molecule has 2 amide bonds. The first-order valence-electron chi connectivity index (χ1n) is 8.59. The Kier molecular flexibility index (Phi) is 7.67. The standard InChI is InChI=1S/C19H25N3O3S2/c1-19(2,3)25-18(24)21-14(10-11-26-4)16(23)22-17-20-15(12-27-17)13-8-6-5-7-9-13/h5-9,12,14H,10-11H2,1-4H3,(H,21,24)(H,20,22,23). The molecule has 8 heteroatoms. The van der Waals surface area contributed by atoms with Crippen molar-refractivity contribution >= 4 is 40.2 Å². The fourth-order valence-electron chi connectivity index (χ4n) is 2.22. The third kappa shape index (κ3) is 7.22. The van der Waals surface area contributed by atoms with Crippen molar-refractivity contribution in [2.45, 2.75) is 38.8 Å². The Balaban J connectivity index is 2.02. The Morgan fingerprint density at radius 3 is 2.59 bits per heavy atom. The van der Waals surface area contributed by atoms with Crippen molar-refractivity contribution < 1.29 is 14.3 Å². The molecule has 2 rings (SSSR count). The third-order valence-corrected chi connectivity index (χ3v) is 4.82. The summed E-state index contributed by atoms with van der Waals surface area (Å²) in [5.41, 5.74) is 1.17. The van der Waals surface area contributed by atoms with Crippen LogP contribution >= 0.6 is 23.1 Å². The predicted octanol–water partition coefficient (Wildman–Crippen LogP) is 4.40. The smallest absolute Gasteiger partial charge is 0.408 e. The topological polar surface area (TPSA) is 80.3 Å². The van der Waals surface area contributed by atoms with Gasteiger partial charge in [0.05, 0.1) is 5.69 Å². The van der Waals surface area contributed by atoms with E-state index in [4.69, 9.17) is 4.74 Å². The van der Waals surface area contributed by atoms with Gasteiger partial charge in [0.15, 0.2) is 5.13 Å². The number of carbonyl (C=O) groups excluding carboxylic acids is 2. The average Bonchev–Trinajstić information content (AvgIpc) is 3.06. The van der Waals surface area contributed by atoms with Crippen molar-refractivity contribution in [2.24, 2.45) is 0 Å². The second-order valence-corrected chi connectivity index (χ2v) is 8.72. The number of amides is 2. The first kappa shape index (κ1) is 21.2. The number of alkyl carbamates (subject to hydrolysis) is 1. The molecule has 2 N–H and O–H groups in total. The summed E-state index contributed by atoms with van der Waals surface area (Å²) >= 11 is 2.96. The lowest BCUT2D eigenvalue weighted by atomic mass is 10.2. The molecule has 0 saturated heterocycles. The molecule has 1 heterocycles. The summed E-state index contributed by atoms with van der Waals surface area (Å²) in [7, 11) is 0. The predicted molar refractivity (Wildman–Crippen MR) is 112 cm³/mol. The van der Waals surface area contributed by atoms with E-state index in [0.717, 1.165) is 17.0 Å². The minimum Gasteiger partial charge on any atom is -0.444 e. The number of aromatic nitrogens is 1. The Morgan fingerprint density at radius 1 is 1.26 bits per heavy atom. The number of nitrogens with one attached hydrogen (secondary N) is 2. The molecule has 0 aliphatic heterocycles. The summed E-state index contributed by atoms with van der Waals surface area (Å²) in [5.74, 6) is 0.435. The van der Waals surface area contributed by atoms with E-state index < -0.39 is 17.7 Å². The number of hydrogen-bond donors (Lipinski definition) is 2. The van der Waals surface area contributed by atoms with Gasteiger partial charge in [0, 0.05) is 10.9 Å². The van der Waals surface area contributed by atoms with Crippen LogP contribution in [0.1, 0.15) is 27.2 Å². The van der Waals surface area contributed by atoms with E-state index in [1.165, 1.54) is 11.3 Å². The van der Waals surface area contributed by atoms with Crippen molar-refractivity contribution in [3.8, 4) is 11.3 Å². The number of rotatable bonds is 7. The lowest BCUT2D eigenvalue weighted by Crippen LogP contribution is -2.46. The fourth-order valence-corrected chi connectivity index (χ4v) is 3.41. The maximum Gasteiger partial charge on any atom is 0.408 e. The van der Waals surface area contributed by atoms with Gasteiger partial charge in [-0.3, -0.25) is 4.79 Å². The van der Waals surface area contributed by atoms with E-state index in [1.54, 1.807) is 32.5 Å². The number of anilines is 1. The molecule has 2 aromatic rings. The van der Waals surface area contributed by atoms with Crippen LogP contribution in [0, 0.1) is 0 Å². The summed E-state index contributed by atoms with van der Waals surface area (Å²) in [5, 5.41) is 7.85. The quantitative estimate of drug-likeness (QED) is 0.711. The Bertz CT molecular complexity index is 757. The van der Waals surface area contributed by atoms with Gasteiger partial charge in [0.2, 0.25) is 5.91 Å². The zero-order valence-electron chi connectivity index (χ0n) is 15.9. The number of benzene rings is 1. The van der Waals surface area contributed by atoms with Gasteiger partial charge in [0.1, 0.15) is 11.6 Å². The molecule has 0 aliphatic rings. The molecule has 0 radical (unpaired) electrons. The molecule has 0 bridgehead atoms. The van der Waals surface area contributed by atoms with Gasteiger partial charge in [-0.2, -0.15) is 11.8 Å². The first-order valence-corrected chi connectivity index (χ1v) is 10.9. The van der Waals surface area contributed by atoms with Crippen LogP contribution in [0.4, 0.5) is 9.93 Å². The summed E-state index contributed by atoms with van der Waals surface area (Å²) < 4.78 is 5.26. The van der Waals surface area contributed by atoms with E-state index >= 15 is 0 Å². The van der Waals surface area contributed by atoms with Crippen molar-refractivity contribution in [1.29, 1.82) is 0 Å². The highest BCUT2D eigenvalue weighted by molar-refractivity contribution is 7.98. The van der Waals surface area contributed by atoms with Gasteiger partial charge in [0.25, 0.3) is 0 Å². The average molecular weight is 408 g/mol. The third-order valence-electron chi connectivity index (χ3n) is 3.42. The molecule has 0 aliphatic carbocycles. The summed E-state index contributed by atoms with van der Waals surface area (Å²) in [6, 6.07) is 9.07. The molecular formula is C19H25N3O3S2. The fraction of sp³-hybridized carbons (Fsp3) is 0.421. The van der Waals surface area contributed by atoms with E-state index in [2.05, 4.69) is 15.6 Å². The Morgan fingerprint density at radius 2 is 1.96 bits per heavy atom. The number of nitrogens with zero attached hydrogens (tertiary/aromatic N) is 1. The molecule has 0 spiro atoms. The molecule has 1 aromatic carbocycles. The molecule has 6 nitrogen and oxygen atoms in total. The van der Waals surface area contributed by atoms with Gasteiger partial charge < -0.3 is 15.4 Å². The van der Waals surface area contributed by atoms with Crippen LogP contribution in [0.25, 0.3) is 11.3 Å². The largest absolute Gasteiger partial charge is 0.444 e. The summed E-state index contributed by atoms with van der Waals surface area (Å²) in [6.45, 7) is 5.35. The first-order chi connectivity index (χ1) is 12.8. The minimum absolute atomic E-state index is 0.302. The van der Waals surface area contributed by atoms with Crippen LogP contribution in [0.5, 0.6) is 0 Å². The van der Waals surface area contributed by atoms with Crippen LogP contribution < -0.4 is 10.6 Å². The van der Waals surface area contributed by atoms with Crippen molar-refractivity contribution in [1.82, 2.24) is 10.3 Å². The van der Waals surface area contributed by atoms with E-state index in [-0.39, 0.29) is 5.91 Å². The van der Waals surface area contributed by atoms with Crippen LogP contribution in [0.2, 0.25) is 0 Å². The summed E-state index contributed by atoms with van der Waals surface area (Å²) in [6.07, 6.45) is 1.85. The zero-order chi connectivity index (χ0) is 19.9. The lowest BCUT2D eigenvalue weighted by Gasteiger charge is -2.23. The Hall–Kier alpha value is -2.06.